The Balaban J connectivity index is 2.09. The number of carbonyl (C=O) groups is 1. The van der Waals surface area contributed by atoms with Crippen LogP contribution in [0.5, 0.6) is 0 Å². The van der Waals surface area contributed by atoms with Gasteiger partial charge in [-0.25, -0.2) is 4.79 Å². The lowest BCUT2D eigenvalue weighted by molar-refractivity contribution is 0.0513. The van der Waals surface area contributed by atoms with Gasteiger partial charge in [-0.3, -0.25) is 0 Å². The van der Waals surface area contributed by atoms with E-state index < -0.39 is 16.0 Å². The molecule has 0 saturated heterocycles. The average molecular weight is 423 g/mol. The van der Waals surface area contributed by atoms with E-state index in [1.54, 1.807) is 6.92 Å². The summed E-state index contributed by atoms with van der Waals surface area (Å²) in [4.78, 5) is 13.7. The summed E-state index contributed by atoms with van der Waals surface area (Å²) in [6, 6.07) is 14.9. The summed E-state index contributed by atoms with van der Waals surface area (Å²) in [5.41, 5.74) is -0.138. The maximum Gasteiger partial charge on any atom is 0.359 e. The highest BCUT2D eigenvalue weighted by molar-refractivity contribution is 7.99. The van der Waals surface area contributed by atoms with Gasteiger partial charge in [0.1, 0.15) is 0 Å². The highest BCUT2D eigenvalue weighted by atomic mass is 35.5. The number of halogens is 1. The molecule has 0 unspecified atom stereocenters. The van der Waals surface area contributed by atoms with Crippen LogP contribution in [0.3, 0.4) is 0 Å². The second kappa shape index (κ2) is 8.16. The van der Waals surface area contributed by atoms with Crippen molar-refractivity contribution >= 4 is 39.4 Å². The number of nitrogens with zero attached hydrogens (tertiary/aromatic N) is 2. The number of ether oxygens (including phenoxy) is 1. The predicted molar refractivity (Wildman–Crippen MR) is 103 cm³/mol. The Morgan fingerprint density at radius 2 is 1.81 bits per heavy atom. The molecule has 0 aliphatic rings. The van der Waals surface area contributed by atoms with E-state index in [1.165, 1.54) is 42.2 Å². The van der Waals surface area contributed by atoms with Crippen LogP contribution in [0.1, 0.15) is 17.4 Å². The van der Waals surface area contributed by atoms with Crippen molar-refractivity contribution in [2.75, 3.05) is 6.61 Å². The van der Waals surface area contributed by atoms with Crippen molar-refractivity contribution in [1.29, 1.82) is 0 Å². The Labute approximate surface area is 166 Å². The fourth-order valence-corrected chi connectivity index (χ4v) is 4.64. The second-order valence-electron chi connectivity index (χ2n) is 5.29. The number of rotatable bonds is 6. The lowest BCUT2D eigenvalue weighted by Gasteiger charge is -2.10. The molecule has 0 spiro atoms. The standard InChI is InChI=1S/C18H15ClN2O4S2/c1-2-25-18(22)17-16(26-14-6-4-3-5-7-14)12-20-21(17)27(23,24)15-10-8-13(19)9-11-15/h3-12H,2H2,1H3. The Morgan fingerprint density at radius 3 is 2.44 bits per heavy atom. The topological polar surface area (TPSA) is 78.3 Å². The van der Waals surface area contributed by atoms with Crippen LogP contribution in [0.2, 0.25) is 5.02 Å². The Morgan fingerprint density at radius 1 is 1.15 bits per heavy atom. The summed E-state index contributed by atoms with van der Waals surface area (Å²) in [5.74, 6) is -0.758. The van der Waals surface area contributed by atoms with E-state index in [0.29, 0.717) is 14.0 Å². The van der Waals surface area contributed by atoms with Crippen LogP contribution in [0.15, 0.2) is 75.5 Å². The van der Waals surface area contributed by atoms with Gasteiger partial charge in [0.15, 0.2) is 5.69 Å². The summed E-state index contributed by atoms with van der Waals surface area (Å²) in [5, 5.41) is 4.36. The smallest absolute Gasteiger partial charge is 0.359 e. The monoisotopic (exact) mass is 422 g/mol. The van der Waals surface area contributed by atoms with Crippen molar-refractivity contribution in [3.05, 3.63) is 71.5 Å². The first-order valence-corrected chi connectivity index (χ1v) is 10.6. The highest BCUT2D eigenvalue weighted by Gasteiger charge is 2.29. The minimum absolute atomic E-state index is 0.0307. The van der Waals surface area contributed by atoms with Crippen LogP contribution in [-0.2, 0) is 14.8 Å². The molecule has 3 aromatic rings. The third-order valence-electron chi connectivity index (χ3n) is 3.48. The van der Waals surface area contributed by atoms with Gasteiger partial charge < -0.3 is 4.74 Å². The molecule has 6 nitrogen and oxygen atoms in total. The Kier molecular flexibility index (Phi) is 5.88. The summed E-state index contributed by atoms with van der Waals surface area (Å²) in [6.07, 6.45) is 1.34. The molecule has 2 aromatic carbocycles. The summed E-state index contributed by atoms with van der Waals surface area (Å²) in [7, 11) is -4.09. The Hall–Kier alpha value is -2.29. The molecule has 1 heterocycles. The summed E-state index contributed by atoms with van der Waals surface area (Å²) >= 11 is 7.06. The number of carbonyl (C=O) groups excluding carboxylic acids is 1. The molecule has 0 aliphatic heterocycles. The van der Waals surface area contributed by atoms with Gasteiger partial charge in [0.25, 0.3) is 10.0 Å². The molecule has 140 valence electrons. The maximum absolute atomic E-state index is 13.0. The van der Waals surface area contributed by atoms with Gasteiger partial charge in [-0.1, -0.05) is 41.6 Å². The first kappa shape index (κ1) is 19.5. The van der Waals surface area contributed by atoms with Gasteiger partial charge >= 0.3 is 5.97 Å². The predicted octanol–water partition coefficient (Wildman–Crippen LogP) is 4.10. The van der Waals surface area contributed by atoms with Gasteiger partial charge in [-0.05, 0) is 43.3 Å². The van der Waals surface area contributed by atoms with Gasteiger partial charge in [-0.15, -0.1) is 4.09 Å². The molecule has 3 rings (SSSR count). The highest BCUT2D eigenvalue weighted by Crippen LogP contribution is 2.32. The zero-order chi connectivity index (χ0) is 19.4. The summed E-state index contributed by atoms with van der Waals surface area (Å²) < 4.78 is 31.7. The molecule has 27 heavy (non-hydrogen) atoms. The third-order valence-corrected chi connectivity index (χ3v) is 6.36. The fourth-order valence-electron chi connectivity index (χ4n) is 2.28. The van der Waals surface area contributed by atoms with Crippen LogP contribution in [0.4, 0.5) is 0 Å². The number of hydrogen-bond donors (Lipinski definition) is 0. The zero-order valence-electron chi connectivity index (χ0n) is 14.2. The van der Waals surface area contributed by atoms with E-state index in [2.05, 4.69) is 5.10 Å². The summed E-state index contributed by atoms with van der Waals surface area (Å²) in [6.45, 7) is 1.76. The SMILES string of the molecule is CCOC(=O)c1c(Sc2ccccc2)cnn1S(=O)(=O)c1ccc(Cl)cc1. The lowest BCUT2D eigenvalue weighted by atomic mass is 10.4. The zero-order valence-corrected chi connectivity index (χ0v) is 16.6. The first-order chi connectivity index (χ1) is 12.9. The molecule has 1 aromatic heterocycles. The van der Waals surface area contributed by atoms with Gasteiger partial charge in [-0.2, -0.15) is 13.5 Å². The van der Waals surface area contributed by atoms with Gasteiger partial charge in [0, 0.05) is 9.92 Å². The quantitative estimate of drug-likeness (QED) is 0.556. The minimum Gasteiger partial charge on any atom is -0.461 e. The lowest BCUT2D eigenvalue weighted by Crippen LogP contribution is -2.21. The molecular weight excluding hydrogens is 408 g/mol. The van der Waals surface area contributed by atoms with Crippen LogP contribution >= 0.6 is 23.4 Å². The molecule has 0 amide bonds. The van der Waals surface area contributed by atoms with E-state index in [4.69, 9.17) is 16.3 Å². The minimum atomic E-state index is -4.09. The van der Waals surface area contributed by atoms with E-state index in [0.717, 1.165) is 4.90 Å². The van der Waals surface area contributed by atoms with E-state index >= 15 is 0 Å². The molecule has 0 N–H and O–H groups in total. The van der Waals surface area contributed by atoms with E-state index in [-0.39, 0.29) is 17.2 Å². The number of hydrogen-bond acceptors (Lipinski definition) is 6. The van der Waals surface area contributed by atoms with E-state index in [1.807, 2.05) is 30.3 Å². The maximum atomic E-state index is 13.0. The molecule has 0 radical (unpaired) electrons. The molecular formula is C18H15ClN2O4S2. The Bertz CT molecular complexity index is 1050. The van der Waals surface area contributed by atoms with Crippen LogP contribution in [0.25, 0.3) is 0 Å². The molecule has 0 saturated carbocycles. The number of benzene rings is 2. The van der Waals surface area contributed by atoms with Crippen molar-refractivity contribution in [1.82, 2.24) is 9.19 Å². The van der Waals surface area contributed by atoms with Crippen LogP contribution in [-0.4, -0.2) is 30.2 Å². The van der Waals surface area contributed by atoms with Crippen LogP contribution < -0.4 is 0 Å². The van der Waals surface area contributed by atoms with Crippen molar-refractivity contribution in [3.63, 3.8) is 0 Å². The fraction of sp³-hybridized carbons (Fsp3) is 0.111. The second-order valence-corrected chi connectivity index (χ2v) is 8.61. The molecule has 9 heteroatoms. The molecule has 0 aliphatic carbocycles. The van der Waals surface area contributed by atoms with Crippen molar-refractivity contribution in [2.45, 2.75) is 21.6 Å². The number of esters is 1. The van der Waals surface area contributed by atoms with Crippen LogP contribution in [0, 0.1) is 0 Å². The molecule has 0 atom stereocenters. The van der Waals surface area contributed by atoms with Gasteiger partial charge in [0.05, 0.1) is 22.6 Å². The molecule has 0 fully saturated rings. The van der Waals surface area contributed by atoms with Crippen molar-refractivity contribution < 1.29 is 17.9 Å². The van der Waals surface area contributed by atoms with Crippen molar-refractivity contribution in [2.24, 2.45) is 0 Å². The van der Waals surface area contributed by atoms with E-state index in [9.17, 15) is 13.2 Å². The molecule has 0 bridgehead atoms. The average Bonchev–Trinajstić information content (AvgIpc) is 3.07. The van der Waals surface area contributed by atoms with Crippen molar-refractivity contribution in [3.8, 4) is 0 Å². The normalized spacial score (nSPS) is 11.3. The van der Waals surface area contributed by atoms with Gasteiger partial charge in [0.2, 0.25) is 0 Å². The largest absolute Gasteiger partial charge is 0.461 e. The number of aromatic nitrogens is 2. The first-order valence-electron chi connectivity index (χ1n) is 7.92. The third kappa shape index (κ3) is 4.18.